The van der Waals surface area contributed by atoms with E-state index < -0.39 is 17.9 Å². The summed E-state index contributed by atoms with van der Waals surface area (Å²) in [6.07, 6.45) is -0.0667. The van der Waals surface area contributed by atoms with Crippen LogP contribution in [0.5, 0.6) is 0 Å². The minimum atomic E-state index is -4.60. The van der Waals surface area contributed by atoms with E-state index >= 15 is 0 Å². The first-order chi connectivity index (χ1) is 18.3. The number of hydrogen-bond acceptors (Lipinski definition) is 10. The highest BCUT2D eigenvalue weighted by atomic mass is 32.1. The van der Waals surface area contributed by atoms with Crippen molar-refractivity contribution in [2.75, 3.05) is 43.1 Å². The fourth-order valence-electron chi connectivity index (χ4n) is 3.70. The van der Waals surface area contributed by atoms with Gasteiger partial charge < -0.3 is 19.4 Å². The van der Waals surface area contributed by atoms with Crippen LogP contribution in [0.1, 0.15) is 12.6 Å². The molecule has 2 amide bonds. The molecule has 2 N–H and O–H groups in total. The first kappa shape index (κ1) is 25.5. The van der Waals surface area contributed by atoms with Crippen molar-refractivity contribution in [1.82, 2.24) is 30.5 Å². The maximum atomic E-state index is 13.3. The predicted octanol–water partition coefficient (Wildman–Crippen LogP) is 4.31. The van der Waals surface area contributed by atoms with Gasteiger partial charge in [-0.25, -0.2) is 14.8 Å². The lowest BCUT2D eigenvalue weighted by atomic mass is 10.0. The summed E-state index contributed by atoms with van der Waals surface area (Å²) >= 11 is 0.832. The lowest BCUT2D eigenvalue weighted by Crippen LogP contribution is -2.36. The molecule has 0 aromatic carbocycles. The molecule has 1 fully saturated rings. The number of hydrogen-bond donors (Lipinski definition) is 2. The fourth-order valence-corrected chi connectivity index (χ4v) is 4.55. The van der Waals surface area contributed by atoms with Crippen molar-refractivity contribution in [1.29, 1.82) is 0 Å². The summed E-state index contributed by atoms with van der Waals surface area (Å²) in [5.74, 6) is 0.383. The van der Waals surface area contributed by atoms with E-state index in [-0.39, 0.29) is 16.7 Å². The number of urea groups is 1. The van der Waals surface area contributed by atoms with Gasteiger partial charge in [-0.15, -0.1) is 16.4 Å². The lowest BCUT2D eigenvalue weighted by molar-refractivity contribution is -0.140. The molecule has 0 bridgehead atoms. The first-order valence-electron chi connectivity index (χ1n) is 11.5. The third-order valence-electron chi connectivity index (χ3n) is 5.50. The standard InChI is InChI=1S/C23H21F3N8O3S/c1-2-28-21(35)31-18-8-15(20-30-17(12-38-20)23(24,25)26)16(11-29-18)13-7-14(10-27-9-13)19-32-33-22(37-19)34-3-5-36-6-4-34/h7-12H,2-6H2,1H3,(H2,28,29,31,35). The zero-order chi connectivity index (χ0) is 26.7. The number of nitrogens with one attached hydrogen (secondary N) is 2. The lowest BCUT2D eigenvalue weighted by Gasteiger charge is -2.24. The number of amides is 2. The minimum absolute atomic E-state index is 0.103. The number of anilines is 2. The SMILES string of the molecule is CCNC(=O)Nc1cc(-c2nc(C(F)(F)F)cs2)c(-c2cncc(-c3nnc(N4CCOCC4)o3)c2)cn1. The number of alkyl halides is 3. The molecule has 15 heteroatoms. The number of nitrogens with zero attached hydrogens (tertiary/aromatic N) is 6. The average molecular weight is 547 g/mol. The van der Waals surface area contributed by atoms with Crippen molar-refractivity contribution in [3.63, 3.8) is 0 Å². The second kappa shape index (κ2) is 10.7. The van der Waals surface area contributed by atoms with Gasteiger partial charge in [0.15, 0.2) is 5.69 Å². The summed E-state index contributed by atoms with van der Waals surface area (Å²) < 4.78 is 51.0. The summed E-state index contributed by atoms with van der Waals surface area (Å²) in [7, 11) is 0. The Balaban J connectivity index is 1.52. The van der Waals surface area contributed by atoms with Crippen LogP contribution < -0.4 is 15.5 Å². The summed E-state index contributed by atoms with van der Waals surface area (Å²) in [6.45, 7) is 4.51. The number of ether oxygens (including phenoxy) is 1. The maximum absolute atomic E-state index is 13.3. The smallest absolute Gasteiger partial charge is 0.403 e. The van der Waals surface area contributed by atoms with E-state index in [0.29, 0.717) is 61.1 Å². The Labute approximate surface area is 218 Å². The molecule has 0 atom stereocenters. The van der Waals surface area contributed by atoms with E-state index in [0.717, 1.165) is 16.7 Å². The fraction of sp³-hybridized carbons (Fsp3) is 0.304. The van der Waals surface area contributed by atoms with Crippen LogP contribution in [0.4, 0.5) is 29.8 Å². The van der Waals surface area contributed by atoms with Crippen molar-refractivity contribution in [3.05, 3.63) is 41.8 Å². The zero-order valence-corrected chi connectivity index (χ0v) is 20.8. The second-order valence-corrected chi connectivity index (χ2v) is 8.94. The predicted molar refractivity (Wildman–Crippen MR) is 133 cm³/mol. The number of carbonyl (C=O) groups excluding carboxylic acids is 1. The Morgan fingerprint density at radius 3 is 2.63 bits per heavy atom. The highest BCUT2D eigenvalue weighted by Crippen LogP contribution is 2.39. The third-order valence-corrected chi connectivity index (χ3v) is 6.38. The van der Waals surface area contributed by atoms with Crippen molar-refractivity contribution in [3.8, 4) is 33.2 Å². The van der Waals surface area contributed by atoms with Gasteiger partial charge in [0, 0.05) is 60.3 Å². The van der Waals surface area contributed by atoms with Crippen molar-refractivity contribution >= 4 is 29.2 Å². The van der Waals surface area contributed by atoms with Gasteiger partial charge in [-0.2, -0.15) is 13.2 Å². The van der Waals surface area contributed by atoms with Crippen molar-refractivity contribution < 1.29 is 27.1 Å². The number of pyridine rings is 2. The Morgan fingerprint density at radius 2 is 1.89 bits per heavy atom. The van der Waals surface area contributed by atoms with Crippen molar-refractivity contribution in [2.24, 2.45) is 0 Å². The van der Waals surface area contributed by atoms with Gasteiger partial charge in [0.25, 0.3) is 5.89 Å². The van der Waals surface area contributed by atoms with E-state index in [2.05, 4.69) is 35.8 Å². The molecule has 38 heavy (non-hydrogen) atoms. The summed E-state index contributed by atoms with van der Waals surface area (Å²) in [6, 6.07) is 3.06. The van der Waals surface area contributed by atoms with Crippen LogP contribution in [-0.2, 0) is 10.9 Å². The van der Waals surface area contributed by atoms with E-state index in [1.807, 2.05) is 4.90 Å². The molecule has 4 aromatic rings. The molecule has 5 heterocycles. The van der Waals surface area contributed by atoms with Crippen LogP contribution in [0.15, 0.2) is 40.5 Å². The van der Waals surface area contributed by atoms with Gasteiger partial charge in [-0.3, -0.25) is 10.3 Å². The topological polar surface area (TPSA) is 131 Å². The Bertz CT molecular complexity index is 1440. The van der Waals surface area contributed by atoms with Crippen LogP contribution in [0.2, 0.25) is 0 Å². The Morgan fingerprint density at radius 1 is 1.11 bits per heavy atom. The summed E-state index contributed by atoms with van der Waals surface area (Å²) in [5.41, 5.74) is 0.832. The van der Waals surface area contributed by atoms with Gasteiger partial charge in [0.2, 0.25) is 0 Å². The largest absolute Gasteiger partial charge is 0.434 e. The van der Waals surface area contributed by atoms with Crippen LogP contribution in [0.3, 0.4) is 0 Å². The molecule has 0 saturated carbocycles. The van der Waals surface area contributed by atoms with E-state index in [1.54, 1.807) is 25.4 Å². The highest BCUT2D eigenvalue weighted by molar-refractivity contribution is 7.13. The van der Waals surface area contributed by atoms with Gasteiger partial charge in [-0.1, -0.05) is 5.10 Å². The molecule has 0 aliphatic carbocycles. The molecular formula is C23H21F3N8O3S. The molecule has 0 unspecified atom stereocenters. The number of carbonyl (C=O) groups is 1. The maximum Gasteiger partial charge on any atom is 0.434 e. The van der Waals surface area contributed by atoms with Gasteiger partial charge in [0.05, 0.1) is 18.8 Å². The zero-order valence-electron chi connectivity index (χ0n) is 19.9. The molecule has 11 nitrogen and oxygen atoms in total. The number of rotatable bonds is 6. The third kappa shape index (κ3) is 5.57. The highest BCUT2D eigenvalue weighted by Gasteiger charge is 2.34. The normalized spacial score (nSPS) is 13.9. The molecule has 5 rings (SSSR count). The van der Waals surface area contributed by atoms with E-state index in [1.165, 1.54) is 12.3 Å². The summed E-state index contributed by atoms with van der Waals surface area (Å²) in [5, 5.41) is 14.4. The Kier molecular flexibility index (Phi) is 7.20. The molecule has 0 radical (unpaired) electrons. The van der Waals surface area contributed by atoms with E-state index in [4.69, 9.17) is 9.15 Å². The molecular weight excluding hydrogens is 525 g/mol. The minimum Gasteiger partial charge on any atom is -0.403 e. The molecule has 1 aliphatic heterocycles. The van der Waals surface area contributed by atoms with Crippen LogP contribution in [0.25, 0.3) is 33.2 Å². The summed E-state index contributed by atoms with van der Waals surface area (Å²) in [4.78, 5) is 26.2. The van der Waals surface area contributed by atoms with Gasteiger partial charge in [-0.05, 0) is 19.1 Å². The average Bonchev–Trinajstić information content (AvgIpc) is 3.60. The van der Waals surface area contributed by atoms with Crippen LogP contribution in [-0.4, -0.2) is 64.0 Å². The monoisotopic (exact) mass is 546 g/mol. The Hall–Kier alpha value is -4.11. The molecule has 1 saturated heterocycles. The van der Waals surface area contributed by atoms with Gasteiger partial charge >= 0.3 is 18.2 Å². The molecule has 0 spiro atoms. The molecule has 4 aromatic heterocycles. The first-order valence-corrected chi connectivity index (χ1v) is 12.4. The molecule has 198 valence electrons. The van der Waals surface area contributed by atoms with Gasteiger partial charge in [0.1, 0.15) is 10.8 Å². The van der Waals surface area contributed by atoms with E-state index in [9.17, 15) is 18.0 Å². The van der Waals surface area contributed by atoms with Crippen LogP contribution >= 0.6 is 11.3 Å². The second-order valence-electron chi connectivity index (χ2n) is 8.09. The molecule has 1 aliphatic rings. The number of aromatic nitrogens is 5. The van der Waals surface area contributed by atoms with Crippen molar-refractivity contribution in [2.45, 2.75) is 13.1 Å². The number of morpholine rings is 1. The number of thiazole rings is 1. The quantitative estimate of drug-likeness (QED) is 0.363. The van der Waals surface area contributed by atoms with Crippen LogP contribution in [0, 0.1) is 0 Å². The number of halogens is 3.